The lowest BCUT2D eigenvalue weighted by molar-refractivity contribution is -0.137. The van der Waals surface area contributed by atoms with Crippen LogP contribution in [0.15, 0.2) is 18.2 Å². The zero-order chi connectivity index (χ0) is 14.5. The fourth-order valence-corrected chi connectivity index (χ4v) is 2.57. The number of nitrogens with zero attached hydrogens (tertiary/aromatic N) is 1. The molecule has 1 aromatic rings. The van der Waals surface area contributed by atoms with Crippen LogP contribution in [0.5, 0.6) is 0 Å². The molecule has 1 aliphatic rings. The van der Waals surface area contributed by atoms with Crippen LogP contribution in [0.2, 0.25) is 5.02 Å². The van der Waals surface area contributed by atoms with Gasteiger partial charge in [-0.15, -0.1) is 0 Å². The first-order valence-electron chi connectivity index (χ1n) is 6.67. The van der Waals surface area contributed by atoms with E-state index < -0.39 is 5.97 Å². The molecule has 1 heterocycles. The molecule has 3 N–H and O–H groups in total. The van der Waals surface area contributed by atoms with Gasteiger partial charge in [0.25, 0.3) is 0 Å². The van der Waals surface area contributed by atoms with Crippen LogP contribution in [0.3, 0.4) is 0 Å². The zero-order valence-electron chi connectivity index (χ0n) is 11.2. The van der Waals surface area contributed by atoms with Gasteiger partial charge in [-0.2, -0.15) is 0 Å². The number of carboxylic acids is 1. The highest BCUT2D eigenvalue weighted by Gasteiger charge is 2.16. The summed E-state index contributed by atoms with van der Waals surface area (Å²) in [6.07, 6.45) is 0.465. The van der Waals surface area contributed by atoms with Gasteiger partial charge in [0, 0.05) is 25.6 Å². The number of halogens is 1. The molecule has 1 aromatic carbocycles. The number of rotatable bonds is 5. The lowest BCUT2D eigenvalue weighted by Gasteiger charge is -2.30. The molecule has 1 unspecified atom stereocenters. The predicted molar refractivity (Wildman–Crippen MR) is 78.3 cm³/mol. The van der Waals surface area contributed by atoms with Gasteiger partial charge >= 0.3 is 5.97 Å². The molecule has 1 fully saturated rings. The Labute approximate surface area is 123 Å². The highest BCUT2D eigenvalue weighted by Crippen LogP contribution is 2.30. The van der Waals surface area contributed by atoms with Gasteiger partial charge in [-0.3, -0.25) is 4.79 Å². The molecule has 0 radical (unpaired) electrons. The minimum atomic E-state index is -0.837. The number of aliphatic carboxylic acids is 1. The van der Waals surface area contributed by atoms with Crippen LogP contribution >= 0.6 is 11.6 Å². The van der Waals surface area contributed by atoms with Crippen LogP contribution in [-0.4, -0.2) is 37.4 Å². The average molecular weight is 299 g/mol. The highest BCUT2D eigenvalue weighted by molar-refractivity contribution is 6.33. The van der Waals surface area contributed by atoms with Gasteiger partial charge < -0.3 is 20.5 Å². The van der Waals surface area contributed by atoms with Crippen molar-refractivity contribution in [2.45, 2.75) is 18.9 Å². The van der Waals surface area contributed by atoms with Crippen LogP contribution in [0.4, 0.5) is 5.69 Å². The van der Waals surface area contributed by atoms with E-state index in [0.717, 1.165) is 24.3 Å². The second-order valence-electron chi connectivity index (χ2n) is 4.85. The Kier molecular flexibility index (Phi) is 5.23. The Morgan fingerprint density at radius 3 is 2.75 bits per heavy atom. The maximum Gasteiger partial charge on any atom is 0.303 e. The summed E-state index contributed by atoms with van der Waals surface area (Å²) in [5.74, 6) is -0.837. The Balaban J connectivity index is 2.06. The first-order valence-corrected chi connectivity index (χ1v) is 7.05. The maximum absolute atomic E-state index is 10.6. The smallest absolute Gasteiger partial charge is 0.303 e. The maximum atomic E-state index is 10.6. The molecule has 5 nitrogen and oxygen atoms in total. The van der Waals surface area contributed by atoms with Crippen molar-refractivity contribution in [3.05, 3.63) is 28.8 Å². The Hall–Kier alpha value is -1.30. The van der Waals surface area contributed by atoms with E-state index in [0.29, 0.717) is 24.7 Å². The van der Waals surface area contributed by atoms with Crippen molar-refractivity contribution in [3.8, 4) is 0 Å². The van der Waals surface area contributed by atoms with Crippen LogP contribution in [0.25, 0.3) is 0 Å². The number of hydrogen-bond acceptors (Lipinski definition) is 4. The lowest BCUT2D eigenvalue weighted by Crippen LogP contribution is -2.36. The minimum absolute atomic E-state index is 0.0595. The minimum Gasteiger partial charge on any atom is -0.481 e. The molecule has 0 aromatic heterocycles. The quantitative estimate of drug-likeness (QED) is 0.870. The van der Waals surface area contributed by atoms with Crippen LogP contribution in [0, 0.1) is 0 Å². The largest absolute Gasteiger partial charge is 0.481 e. The number of hydrogen-bond donors (Lipinski definition) is 2. The number of anilines is 1. The molecule has 110 valence electrons. The molecule has 0 amide bonds. The Morgan fingerprint density at radius 2 is 2.15 bits per heavy atom. The van der Waals surface area contributed by atoms with Gasteiger partial charge in [0.15, 0.2) is 0 Å². The predicted octanol–water partition coefficient (Wildman–Crippen LogP) is 2.04. The van der Waals surface area contributed by atoms with Gasteiger partial charge in [-0.1, -0.05) is 17.7 Å². The van der Waals surface area contributed by atoms with Gasteiger partial charge in [0.05, 0.1) is 23.9 Å². The average Bonchev–Trinajstić information content (AvgIpc) is 2.45. The lowest BCUT2D eigenvalue weighted by atomic mass is 10.0. The number of morpholine rings is 1. The fraction of sp³-hybridized carbons (Fsp3) is 0.500. The SMILES string of the molecule is NC(CCC(=O)O)c1ccc(N2CCOCC2)c(Cl)c1. The van der Waals surface area contributed by atoms with E-state index in [1.807, 2.05) is 18.2 Å². The Morgan fingerprint density at radius 1 is 1.45 bits per heavy atom. The van der Waals surface area contributed by atoms with E-state index in [1.54, 1.807) is 0 Å². The second-order valence-corrected chi connectivity index (χ2v) is 5.26. The van der Waals surface area contributed by atoms with E-state index in [2.05, 4.69) is 4.90 Å². The topological polar surface area (TPSA) is 75.8 Å². The van der Waals surface area contributed by atoms with Crippen molar-refractivity contribution in [2.24, 2.45) is 5.73 Å². The van der Waals surface area contributed by atoms with Gasteiger partial charge in [0.2, 0.25) is 0 Å². The van der Waals surface area contributed by atoms with E-state index >= 15 is 0 Å². The number of nitrogens with two attached hydrogens (primary N) is 1. The van der Waals surface area contributed by atoms with Crippen molar-refractivity contribution in [1.82, 2.24) is 0 Å². The summed E-state index contributed by atoms with van der Waals surface area (Å²) in [6, 6.07) is 5.40. The molecule has 20 heavy (non-hydrogen) atoms. The number of carbonyl (C=O) groups is 1. The molecule has 0 bridgehead atoms. The normalized spacial score (nSPS) is 17.0. The molecule has 0 saturated carbocycles. The van der Waals surface area contributed by atoms with E-state index in [-0.39, 0.29) is 12.5 Å². The first-order chi connectivity index (χ1) is 9.58. The molecule has 0 spiro atoms. The van der Waals surface area contributed by atoms with Crippen molar-refractivity contribution in [1.29, 1.82) is 0 Å². The van der Waals surface area contributed by atoms with Crippen molar-refractivity contribution < 1.29 is 14.6 Å². The highest BCUT2D eigenvalue weighted by atomic mass is 35.5. The van der Waals surface area contributed by atoms with Crippen LogP contribution < -0.4 is 10.6 Å². The fourth-order valence-electron chi connectivity index (χ4n) is 2.26. The summed E-state index contributed by atoms with van der Waals surface area (Å²) in [7, 11) is 0. The molecule has 1 atom stereocenters. The summed E-state index contributed by atoms with van der Waals surface area (Å²) in [4.78, 5) is 12.7. The summed E-state index contributed by atoms with van der Waals surface area (Å²) in [5, 5.41) is 9.33. The van der Waals surface area contributed by atoms with Gasteiger partial charge in [-0.25, -0.2) is 0 Å². The number of carboxylic acid groups (broad SMARTS) is 1. The van der Waals surface area contributed by atoms with Gasteiger partial charge in [-0.05, 0) is 24.1 Å². The third-order valence-corrected chi connectivity index (χ3v) is 3.72. The van der Waals surface area contributed by atoms with Crippen molar-refractivity contribution in [3.63, 3.8) is 0 Å². The molecule has 0 aliphatic carbocycles. The molecule has 1 aliphatic heterocycles. The van der Waals surface area contributed by atoms with Gasteiger partial charge in [0.1, 0.15) is 0 Å². The van der Waals surface area contributed by atoms with Crippen molar-refractivity contribution >= 4 is 23.3 Å². The first kappa shape index (κ1) is 15.1. The standard InChI is InChI=1S/C14H19ClN2O3/c15-11-9-10(12(16)2-4-14(18)19)1-3-13(11)17-5-7-20-8-6-17/h1,3,9,12H,2,4-8,16H2,(H,18,19). The van der Waals surface area contributed by atoms with Crippen LogP contribution in [-0.2, 0) is 9.53 Å². The van der Waals surface area contributed by atoms with E-state index in [1.165, 1.54) is 0 Å². The monoisotopic (exact) mass is 298 g/mol. The molecular formula is C14H19ClN2O3. The summed E-state index contributed by atoms with van der Waals surface area (Å²) >= 11 is 6.32. The van der Waals surface area contributed by atoms with Crippen molar-refractivity contribution in [2.75, 3.05) is 31.2 Å². The third kappa shape index (κ3) is 3.85. The number of ether oxygens (including phenoxy) is 1. The van der Waals surface area contributed by atoms with E-state index in [4.69, 9.17) is 27.2 Å². The summed E-state index contributed by atoms with van der Waals surface area (Å²) in [6.45, 7) is 3.06. The van der Waals surface area contributed by atoms with E-state index in [9.17, 15) is 4.79 Å². The molecule has 6 heteroatoms. The summed E-state index contributed by atoms with van der Waals surface area (Å²) < 4.78 is 5.32. The molecular weight excluding hydrogens is 280 g/mol. The molecule has 2 rings (SSSR count). The number of benzene rings is 1. The second kappa shape index (κ2) is 6.92. The van der Waals surface area contributed by atoms with Crippen LogP contribution in [0.1, 0.15) is 24.4 Å². The third-order valence-electron chi connectivity index (χ3n) is 3.42. The summed E-state index contributed by atoms with van der Waals surface area (Å²) in [5.41, 5.74) is 7.83. The Bertz CT molecular complexity index is 475. The molecule has 1 saturated heterocycles. The zero-order valence-corrected chi connectivity index (χ0v) is 12.0.